The Balaban J connectivity index is 2.29. The Hall–Kier alpha value is 0.137. The monoisotopic (exact) mass is 269 g/mol. The highest BCUT2D eigenvalue weighted by Gasteiger charge is 2.28. The topological polar surface area (TPSA) is 18.5 Å². The summed E-state index contributed by atoms with van der Waals surface area (Å²) >= 11 is 0. The number of rotatable bonds is 9. The molecule has 1 saturated heterocycles. The van der Waals surface area contributed by atoms with E-state index in [2.05, 4.69) is 24.1 Å². The first-order valence-electron chi connectivity index (χ1n) is 7.75. The molecule has 0 spiro atoms. The van der Waals surface area contributed by atoms with Crippen molar-refractivity contribution in [1.82, 2.24) is 0 Å². The Morgan fingerprint density at radius 3 is 2.11 bits per heavy atom. The zero-order valence-corrected chi connectivity index (χ0v) is 13.1. The summed E-state index contributed by atoms with van der Waals surface area (Å²) in [5.74, 6) is 0. The maximum atomic E-state index is 6.07. The molecule has 1 heterocycles. The van der Waals surface area contributed by atoms with Gasteiger partial charge in [-0.05, 0) is 31.7 Å². The van der Waals surface area contributed by atoms with Gasteiger partial charge in [0, 0.05) is 10.2 Å². The number of ether oxygens (including phenoxy) is 2. The largest absolute Gasteiger partial charge is 0.350 e. The summed E-state index contributed by atoms with van der Waals surface area (Å²) < 4.78 is 12.0. The minimum Gasteiger partial charge on any atom is -0.350 e. The average molecular weight is 269 g/mol. The van der Waals surface area contributed by atoms with E-state index in [0.29, 0.717) is 12.2 Å². The Morgan fingerprint density at radius 2 is 1.50 bits per heavy atom. The van der Waals surface area contributed by atoms with E-state index in [1.165, 1.54) is 44.9 Å². The highest BCUT2D eigenvalue weighted by Crippen LogP contribution is 2.26. The van der Waals surface area contributed by atoms with Crippen LogP contribution in [0.2, 0.25) is 6.04 Å². The summed E-state index contributed by atoms with van der Waals surface area (Å²) in [7, 11) is 3.60. The smallest absolute Gasteiger partial charge is 0.158 e. The van der Waals surface area contributed by atoms with E-state index in [0.717, 1.165) is 18.9 Å². The van der Waals surface area contributed by atoms with Crippen LogP contribution in [-0.2, 0) is 9.47 Å². The SMILES string of the molecule is CCCCC[C@@H]1C[C@@H](C[Si])O[C@@H](CCCCC)O1. The van der Waals surface area contributed by atoms with Crippen molar-refractivity contribution in [2.45, 2.75) is 96.2 Å². The second-order valence-corrected chi connectivity index (χ2v) is 5.79. The van der Waals surface area contributed by atoms with Crippen LogP contribution in [0.25, 0.3) is 0 Å². The molecule has 105 valence electrons. The second-order valence-electron chi connectivity index (χ2n) is 5.38. The third-order valence-corrected chi connectivity index (χ3v) is 4.07. The first-order chi connectivity index (χ1) is 8.80. The van der Waals surface area contributed by atoms with E-state index in [-0.39, 0.29) is 6.29 Å². The van der Waals surface area contributed by atoms with Crippen molar-refractivity contribution in [2.24, 2.45) is 0 Å². The van der Waals surface area contributed by atoms with Crippen molar-refractivity contribution in [3.63, 3.8) is 0 Å². The summed E-state index contributed by atoms with van der Waals surface area (Å²) in [4.78, 5) is 0. The molecule has 0 aromatic rings. The Bertz CT molecular complexity index is 181. The van der Waals surface area contributed by atoms with E-state index < -0.39 is 0 Å². The quantitative estimate of drug-likeness (QED) is 0.460. The molecule has 0 N–H and O–H groups in total. The Labute approximate surface area is 116 Å². The number of hydrogen-bond acceptors (Lipinski definition) is 2. The summed E-state index contributed by atoms with van der Waals surface area (Å²) in [6.45, 7) is 4.48. The third kappa shape index (κ3) is 6.35. The average Bonchev–Trinajstić information content (AvgIpc) is 2.39. The second kappa shape index (κ2) is 9.99. The highest BCUT2D eigenvalue weighted by atomic mass is 28.1. The van der Waals surface area contributed by atoms with Gasteiger partial charge in [0.15, 0.2) is 6.29 Å². The van der Waals surface area contributed by atoms with Crippen molar-refractivity contribution in [2.75, 3.05) is 0 Å². The van der Waals surface area contributed by atoms with Gasteiger partial charge >= 0.3 is 0 Å². The lowest BCUT2D eigenvalue weighted by Gasteiger charge is -2.35. The third-order valence-electron chi connectivity index (χ3n) is 3.61. The molecule has 0 unspecified atom stereocenters. The lowest BCUT2D eigenvalue weighted by molar-refractivity contribution is -0.242. The zero-order chi connectivity index (χ0) is 13.2. The molecular weight excluding hydrogens is 240 g/mol. The molecule has 18 heavy (non-hydrogen) atoms. The van der Waals surface area contributed by atoms with E-state index in [4.69, 9.17) is 9.47 Å². The molecule has 3 radical (unpaired) electrons. The predicted octanol–water partition coefficient (Wildman–Crippen LogP) is 4.23. The molecular formula is C15H29O2Si. The van der Waals surface area contributed by atoms with Crippen LogP contribution in [0.5, 0.6) is 0 Å². The van der Waals surface area contributed by atoms with Crippen LogP contribution in [0.3, 0.4) is 0 Å². The molecule has 0 saturated carbocycles. The van der Waals surface area contributed by atoms with Gasteiger partial charge < -0.3 is 9.47 Å². The van der Waals surface area contributed by atoms with Crippen LogP contribution in [0, 0.1) is 0 Å². The molecule has 3 atom stereocenters. The van der Waals surface area contributed by atoms with Crippen molar-refractivity contribution in [3.8, 4) is 0 Å². The molecule has 1 aliphatic heterocycles. The molecule has 1 rings (SSSR count). The predicted molar refractivity (Wildman–Crippen MR) is 77.0 cm³/mol. The minimum absolute atomic E-state index is 0.0401. The van der Waals surface area contributed by atoms with Gasteiger partial charge in [-0.3, -0.25) is 0 Å². The van der Waals surface area contributed by atoms with Gasteiger partial charge in [0.25, 0.3) is 0 Å². The molecule has 1 fully saturated rings. The van der Waals surface area contributed by atoms with Crippen LogP contribution in [0.4, 0.5) is 0 Å². The molecule has 0 bridgehead atoms. The first-order valence-corrected chi connectivity index (χ1v) is 8.46. The summed E-state index contributed by atoms with van der Waals surface area (Å²) in [6.07, 6.45) is 11.8. The summed E-state index contributed by atoms with van der Waals surface area (Å²) in [6, 6.07) is 0.928. The fourth-order valence-corrected chi connectivity index (χ4v) is 2.77. The van der Waals surface area contributed by atoms with E-state index >= 15 is 0 Å². The van der Waals surface area contributed by atoms with Gasteiger partial charge in [-0.25, -0.2) is 0 Å². The van der Waals surface area contributed by atoms with E-state index in [1.807, 2.05) is 0 Å². The van der Waals surface area contributed by atoms with Gasteiger partial charge in [0.2, 0.25) is 0 Å². The fraction of sp³-hybridized carbons (Fsp3) is 1.00. The normalized spacial score (nSPS) is 28.5. The van der Waals surface area contributed by atoms with Gasteiger partial charge in [-0.1, -0.05) is 46.0 Å². The lowest BCUT2D eigenvalue weighted by Crippen LogP contribution is -2.38. The standard InChI is InChI=1S/C15H29O2Si/c1-3-5-7-9-13-11-14(12-18)17-15(16-13)10-8-6-4-2/h13-15H,3-12H2,1-2H3/t13-,14+,15+/m1/s1. The van der Waals surface area contributed by atoms with Crippen LogP contribution in [0.15, 0.2) is 0 Å². The van der Waals surface area contributed by atoms with Gasteiger partial charge in [-0.15, -0.1) is 0 Å². The maximum Gasteiger partial charge on any atom is 0.158 e. The van der Waals surface area contributed by atoms with Crippen molar-refractivity contribution >= 4 is 10.2 Å². The molecule has 2 nitrogen and oxygen atoms in total. The molecule has 0 amide bonds. The molecule has 3 heteroatoms. The molecule has 0 aromatic heterocycles. The molecule has 1 aliphatic rings. The Kier molecular flexibility index (Phi) is 8.98. The lowest BCUT2D eigenvalue weighted by atomic mass is 10.0. The van der Waals surface area contributed by atoms with Crippen LogP contribution >= 0.6 is 0 Å². The van der Waals surface area contributed by atoms with Crippen LogP contribution in [0.1, 0.15) is 71.6 Å². The molecule has 0 aliphatic carbocycles. The van der Waals surface area contributed by atoms with Crippen molar-refractivity contribution in [1.29, 1.82) is 0 Å². The zero-order valence-electron chi connectivity index (χ0n) is 12.1. The fourth-order valence-electron chi connectivity index (χ4n) is 2.50. The van der Waals surface area contributed by atoms with Gasteiger partial charge in [-0.2, -0.15) is 0 Å². The Morgan fingerprint density at radius 1 is 0.889 bits per heavy atom. The number of unbranched alkanes of at least 4 members (excludes halogenated alkanes) is 4. The van der Waals surface area contributed by atoms with E-state index in [9.17, 15) is 0 Å². The maximum absolute atomic E-state index is 6.07. The first kappa shape index (κ1) is 16.2. The van der Waals surface area contributed by atoms with Gasteiger partial charge in [0.1, 0.15) is 0 Å². The number of hydrogen-bond donors (Lipinski definition) is 0. The minimum atomic E-state index is 0.0401. The van der Waals surface area contributed by atoms with Crippen LogP contribution in [-0.4, -0.2) is 28.7 Å². The van der Waals surface area contributed by atoms with Gasteiger partial charge in [0.05, 0.1) is 12.2 Å². The summed E-state index contributed by atoms with van der Waals surface area (Å²) in [5, 5.41) is 0. The molecule has 0 aromatic carbocycles. The summed E-state index contributed by atoms with van der Waals surface area (Å²) in [5.41, 5.74) is 0. The highest BCUT2D eigenvalue weighted by molar-refractivity contribution is 6.08. The van der Waals surface area contributed by atoms with Crippen molar-refractivity contribution < 1.29 is 9.47 Å². The van der Waals surface area contributed by atoms with E-state index in [1.54, 1.807) is 0 Å². The van der Waals surface area contributed by atoms with Crippen LogP contribution < -0.4 is 0 Å². The van der Waals surface area contributed by atoms with Crippen molar-refractivity contribution in [3.05, 3.63) is 0 Å².